The zero-order valence-corrected chi connectivity index (χ0v) is 10.8. The molecule has 2 rings (SSSR count). The number of alkyl halides is 3. The summed E-state index contributed by atoms with van der Waals surface area (Å²) in [5, 5.41) is 3.31. The summed E-state index contributed by atoms with van der Waals surface area (Å²) in [4.78, 5) is 2.15. The highest BCUT2D eigenvalue weighted by molar-refractivity contribution is 5.20. The Morgan fingerprint density at radius 2 is 1.95 bits per heavy atom. The van der Waals surface area contributed by atoms with Gasteiger partial charge < -0.3 is 5.32 Å². The molecule has 1 atom stereocenters. The molecule has 0 aromatic heterocycles. The van der Waals surface area contributed by atoms with Gasteiger partial charge in [-0.3, -0.25) is 4.90 Å². The Labute approximate surface area is 111 Å². The van der Waals surface area contributed by atoms with Crippen LogP contribution >= 0.6 is 0 Å². The molecule has 1 heterocycles. The zero-order chi connectivity index (χ0) is 13.7. The molecule has 2 nitrogen and oxygen atoms in total. The van der Waals surface area contributed by atoms with Gasteiger partial charge >= 0.3 is 6.18 Å². The number of hydrogen-bond donors (Lipinski definition) is 1. The number of hydrogen-bond acceptors (Lipinski definition) is 2. The smallest absolute Gasteiger partial charge is 0.314 e. The summed E-state index contributed by atoms with van der Waals surface area (Å²) in [6, 6.07) is 10.1. The van der Waals surface area contributed by atoms with Crippen LogP contribution in [-0.4, -0.2) is 37.3 Å². The van der Waals surface area contributed by atoms with Crippen molar-refractivity contribution in [2.24, 2.45) is 0 Å². The van der Waals surface area contributed by atoms with Crippen molar-refractivity contribution in [1.29, 1.82) is 0 Å². The van der Waals surface area contributed by atoms with Crippen LogP contribution in [0.25, 0.3) is 0 Å². The van der Waals surface area contributed by atoms with Crippen LogP contribution < -0.4 is 5.32 Å². The summed E-state index contributed by atoms with van der Waals surface area (Å²) in [5.74, 6) is 0. The van der Waals surface area contributed by atoms with Crippen molar-refractivity contribution in [1.82, 2.24) is 10.2 Å². The van der Waals surface area contributed by atoms with Crippen molar-refractivity contribution in [3.63, 3.8) is 0 Å². The molecule has 1 aromatic carbocycles. The summed E-state index contributed by atoms with van der Waals surface area (Å²) < 4.78 is 36.6. The predicted molar refractivity (Wildman–Crippen MR) is 68.9 cm³/mol. The fourth-order valence-electron chi connectivity index (χ4n) is 2.50. The lowest BCUT2D eigenvalue weighted by molar-refractivity contribution is -0.136. The minimum atomic E-state index is -4.05. The summed E-state index contributed by atoms with van der Waals surface area (Å²) >= 11 is 0. The fourth-order valence-corrected chi connectivity index (χ4v) is 2.50. The Hall–Kier alpha value is -1.07. The Balaban J connectivity index is 1.93. The van der Waals surface area contributed by atoms with Crippen LogP contribution in [-0.2, 0) is 0 Å². The van der Waals surface area contributed by atoms with Crippen LogP contribution in [0.1, 0.15) is 24.4 Å². The highest BCUT2D eigenvalue weighted by atomic mass is 19.4. The van der Waals surface area contributed by atoms with Crippen molar-refractivity contribution in [2.45, 2.75) is 25.1 Å². The van der Waals surface area contributed by atoms with Crippen molar-refractivity contribution >= 4 is 0 Å². The number of piperazine rings is 1. The van der Waals surface area contributed by atoms with Crippen LogP contribution in [0.2, 0.25) is 0 Å². The lowest BCUT2D eigenvalue weighted by Crippen LogP contribution is -2.46. The molecule has 0 aliphatic carbocycles. The maximum absolute atomic E-state index is 12.2. The van der Waals surface area contributed by atoms with Crippen molar-refractivity contribution in [3.05, 3.63) is 35.9 Å². The molecule has 1 aliphatic rings. The molecule has 106 valence electrons. The Kier molecular flexibility index (Phi) is 4.82. The third-order valence-corrected chi connectivity index (χ3v) is 3.44. The van der Waals surface area contributed by atoms with E-state index in [0.717, 1.165) is 19.6 Å². The first-order valence-electron chi connectivity index (χ1n) is 6.63. The number of nitrogens with zero attached hydrogens (tertiary/aromatic N) is 1. The van der Waals surface area contributed by atoms with E-state index in [-0.39, 0.29) is 12.5 Å². The van der Waals surface area contributed by atoms with E-state index in [9.17, 15) is 13.2 Å². The third-order valence-electron chi connectivity index (χ3n) is 3.44. The van der Waals surface area contributed by atoms with Gasteiger partial charge in [-0.2, -0.15) is 13.2 Å². The van der Waals surface area contributed by atoms with Gasteiger partial charge in [-0.15, -0.1) is 0 Å². The standard InChI is InChI=1S/C14H19F3N2/c15-14(16,17)7-4-9-19-10-8-18-11-13(19)12-5-2-1-3-6-12/h1-3,5-6,13,18H,4,7-11H2. The van der Waals surface area contributed by atoms with E-state index in [1.54, 1.807) is 0 Å². The van der Waals surface area contributed by atoms with E-state index >= 15 is 0 Å². The van der Waals surface area contributed by atoms with E-state index in [0.29, 0.717) is 6.54 Å². The molecule has 1 saturated heterocycles. The van der Waals surface area contributed by atoms with Gasteiger partial charge in [0.05, 0.1) is 0 Å². The minimum Gasteiger partial charge on any atom is -0.314 e. The molecule has 19 heavy (non-hydrogen) atoms. The van der Waals surface area contributed by atoms with E-state index in [4.69, 9.17) is 0 Å². The molecule has 1 N–H and O–H groups in total. The lowest BCUT2D eigenvalue weighted by Gasteiger charge is -2.36. The molecular weight excluding hydrogens is 253 g/mol. The first kappa shape index (κ1) is 14.3. The minimum absolute atomic E-state index is 0.173. The van der Waals surface area contributed by atoms with Crippen molar-refractivity contribution < 1.29 is 13.2 Å². The average Bonchev–Trinajstić information content (AvgIpc) is 2.39. The topological polar surface area (TPSA) is 15.3 Å². The number of benzene rings is 1. The molecule has 0 bridgehead atoms. The predicted octanol–water partition coefficient (Wildman–Crippen LogP) is 2.98. The molecule has 1 aromatic rings. The van der Waals surface area contributed by atoms with Gasteiger partial charge in [0.15, 0.2) is 0 Å². The quantitative estimate of drug-likeness (QED) is 0.906. The molecular formula is C14H19F3N2. The number of rotatable bonds is 4. The van der Waals surface area contributed by atoms with Gasteiger partial charge in [-0.25, -0.2) is 0 Å². The summed E-state index contributed by atoms with van der Waals surface area (Å²) in [6.45, 7) is 2.95. The van der Waals surface area contributed by atoms with Crippen LogP contribution in [0.4, 0.5) is 13.2 Å². The first-order valence-corrected chi connectivity index (χ1v) is 6.63. The van der Waals surface area contributed by atoms with Gasteiger partial charge in [0.2, 0.25) is 0 Å². The molecule has 1 aliphatic heterocycles. The Morgan fingerprint density at radius 3 is 2.63 bits per heavy atom. The van der Waals surface area contributed by atoms with E-state index in [1.807, 2.05) is 30.3 Å². The summed E-state index contributed by atoms with van der Waals surface area (Å²) in [5.41, 5.74) is 1.17. The van der Waals surface area contributed by atoms with Crippen molar-refractivity contribution in [3.8, 4) is 0 Å². The number of halogens is 3. The molecule has 0 amide bonds. The van der Waals surface area contributed by atoms with Crippen LogP contribution in [0.15, 0.2) is 30.3 Å². The molecule has 0 spiro atoms. The molecule has 0 radical (unpaired) electrons. The molecule has 5 heteroatoms. The largest absolute Gasteiger partial charge is 0.389 e. The van der Waals surface area contributed by atoms with E-state index in [1.165, 1.54) is 5.56 Å². The summed E-state index contributed by atoms with van der Waals surface area (Å²) in [7, 11) is 0. The monoisotopic (exact) mass is 272 g/mol. The number of nitrogens with one attached hydrogen (secondary N) is 1. The second-order valence-corrected chi connectivity index (χ2v) is 4.89. The van der Waals surface area contributed by atoms with Gasteiger partial charge in [0.25, 0.3) is 0 Å². The fraction of sp³-hybridized carbons (Fsp3) is 0.571. The molecule has 0 saturated carbocycles. The van der Waals surface area contributed by atoms with Gasteiger partial charge in [-0.05, 0) is 18.5 Å². The van der Waals surface area contributed by atoms with Crippen molar-refractivity contribution in [2.75, 3.05) is 26.2 Å². The SMILES string of the molecule is FC(F)(F)CCCN1CCNCC1c1ccccc1. The highest BCUT2D eigenvalue weighted by Crippen LogP contribution is 2.25. The Morgan fingerprint density at radius 1 is 1.21 bits per heavy atom. The highest BCUT2D eigenvalue weighted by Gasteiger charge is 2.28. The zero-order valence-electron chi connectivity index (χ0n) is 10.8. The van der Waals surface area contributed by atoms with Gasteiger partial charge in [0.1, 0.15) is 0 Å². The van der Waals surface area contributed by atoms with E-state index < -0.39 is 12.6 Å². The molecule has 1 unspecified atom stereocenters. The van der Waals surface area contributed by atoms with Gasteiger partial charge in [-0.1, -0.05) is 30.3 Å². The van der Waals surface area contributed by atoms with E-state index in [2.05, 4.69) is 10.2 Å². The normalized spacial score (nSPS) is 21.5. The average molecular weight is 272 g/mol. The lowest BCUT2D eigenvalue weighted by atomic mass is 10.0. The van der Waals surface area contributed by atoms with Crippen LogP contribution in [0, 0.1) is 0 Å². The maximum atomic E-state index is 12.2. The van der Waals surface area contributed by atoms with Gasteiger partial charge in [0, 0.05) is 32.1 Å². The first-order chi connectivity index (χ1) is 9.06. The second-order valence-electron chi connectivity index (χ2n) is 4.89. The van der Waals surface area contributed by atoms with Crippen LogP contribution in [0.3, 0.4) is 0 Å². The maximum Gasteiger partial charge on any atom is 0.389 e. The van der Waals surface area contributed by atoms with Crippen LogP contribution in [0.5, 0.6) is 0 Å². The Bertz CT molecular complexity index is 378. The third kappa shape index (κ3) is 4.51. The second kappa shape index (κ2) is 6.39. The molecule has 1 fully saturated rings. The summed E-state index contributed by atoms with van der Waals surface area (Å²) in [6.07, 6.45) is -4.57.